The Kier molecular flexibility index (Phi) is 5.40. The van der Waals surface area contributed by atoms with Gasteiger partial charge < -0.3 is 10.1 Å². The number of amides is 1. The van der Waals surface area contributed by atoms with Crippen molar-refractivity contribution in [3.63, 3.8) is 0 Å². The number of hydrogen-bond acceptors (Lipinski definition) is 4. The van der Waals surface area contributed by atoms with E-state index in [0.717, 1.165) is 46.6 Å². The van der Waals surface area contributed by atoms with Crippen LogP contribution in [0.3, 0.4) is 0 Å². The number of hydrogen-bond donors (Lipinski definition) is 1. The zero-order valence-corrected chi connectivity index (χ0v) is 17.4. The summed E-state index contributed by atoms with van der Waals surface area (Å²) in [6.07, 6.45) is 2.16. The van der Waals surface area contributed by atoms with E-state index in [4.69, 9.17) is 4.74 Å². The van der Waals surface area contributed by atoms with Gasteiger partial charge in [0.1, 0.15) is 0 Å². The van der Waals surface area contributed by atoms with Gasteiger partial charge in [-0.15, -0.1) is 0 Å². The van der Waals surface area contributed by atoms with E-state index in [9.17, 15) is 9.59 Å². The van der Waals surface area contributed by atoms with Crippen molar-refractivity contribution in [2.75, 3.05) is 11.9 Å². The molecule has 6 nitrogen and oxygen atoms in total. The molecule has 4 rings (SSSR count). The number of nitrogens with zero attached hydrogens (tertiary/aromatic N) is 2. The average molecular weight is 403 g/mol. The van der Waals surface area contributed by atoms with Gasteiger partial charge in [-0.25, -0.2) is 9.48 Å². The smallest absolute Gasteiger partial charge is 0.357 e. The second-order valence-electron chi connectivity index (χ2n) is 7.87. The van der Waals surface area contributed by atoms with Gasteiger partial charge in [-0.05, 0) is 62.9 Å². The van der Waals surface area contributed by atoms with Crippen molar-refractivity contribution in [1.82, 2.24) is 9.78 Å². The van der Waals surface area contributed by atoms with Crippen LogP contribution >= 0.6 is 0 Å². The quantitative estimate of drug-likeness (QED) is 0.616. The number of aryl methyl sites for hydroxylation is 3. The van der Waals surface area contributed by atoms with E-state index in [1.165, 1.54) is 0 Å². The Morgan fingerprint density at radius 3 is 2.37 bits per heavy atom. The summed E-state index contributed by atoms with van der Waals surface area (Å²) in [6.45, 7) is 5.54. The number of carbonyl (C=O) groups is 2. The number of benzene rings is 2. The third-order valence-corrected chi connectivity index (χ3v) is 5.21. The summed E-state index contributed by atoms with van der Waals surface area (Å²) < 4.78 is 6.93. The maximum Gasteiger partial charge on any atom is 0.357 e. The Hall–Kier alpha value is -3.41. The van der Waals surface area contributed by atoms with Gasteiger partial charge in [0, 0.05) is 11.6 Å². The van der Waals surface area contributed by atoms with Gasteiger partial charge in [0.25, 0.3) is 5.91 Å². The zero-order chi connectivity index (χ0) is 21.3. The summed E-state index contributed by atoms with van der Waals surface area (Å²) in [5, 5.41) is 7.46. The lowest BCUT2D eigenvalue weighted by molar-refractivity contribution is -0.119. The molecule has 6 heteroatoms. The minimum absolute atomic E-state index is 0.332. The first-order valence-electron chi connectivity index (χ1n) is 10.1. The summed E-state index contributed by atoms with van der Waals surface area (Å²) in [5.74, 6) is -0.533. The topological polar surface area (TPSA) is 73.2 Å². The summed E-state index contributed by atoms with van der Waals surface area (Å²) >= 11 is 0. The number of nitrogens with one attached hydrogen (secondary N) is 1. The molecule has 1 N–H and O–H groups in total. The molecule has 1 aliphatic carbocycles. The van der Waals surface area contributed by atoms with Crippen LogP contribution < -0.4 is 5.32 Å². The lowest BCUT2D eigenvalue weighted by Crippen LogP contribution is -2.23. The highest BCUT2D eigenvalue weighted by atomic mass is 16.5. The van der Waals surface area contributed by atoms with Crippen LogP contribution in [0.2, 0.25) is 0 Å². The second-order valence-corrected chi connectivity index (χ2v) is 7.87. The molecular weight excluding hydrogens is 378 g/mol. The van der Waals surface area contributed by atoms with Gasteiger partial charge in [0.15, 0.2) is 12.3 Å². The van der Waals surface area contributed by atoms with Gasteiger partial charge in [-0.1, -0.05) is 35.9 Å². The third kappa shape index (κ3) is 4.27. The predicted molar refractivity (Wildman–Crippen MR) is 115 cm³/mol. The largest absolute Gasteiger partial charge is 0.451 e. The molecule has 1 heterocycles. The van der Waals surface area contributed by atoms with E-state index < -0.39 is 5.97 Å². The predicted octanol–water partition coefficient (Wildman–Crippen LogP) is 4.47. The van der Waals surface area contributed by atoms with E-state index >= 15 is 0 Å². The van der Waals surface area contributed by atoms with Crippen LogP contribution in [0.5, 0.6) is 0 Å². The summed E-state index contributed by atoms with van der Waals surface area (Å²) in [6, 6.07) is 15.3. The van der Waals surface area contributed by atoms with Crippen LogP contribution in [0.4, 0.5) is 5.69 Å². The molecule has 154 valence electrons. The van der Waals surface area contributed by atoms with Crippen molar-refractivity contribution in [3.05, 3.63) is 76.6 Å². The Bertz CT molecular complexity index is 1080. The number of carbonyl (C=O) groups excluding carboxylic acids is 2. The fourth-order valence-corrected chi connectivity index (χ4v) is 3.65. The number of aromatic nitrogens is 2. The maximum atomic E-state index is 12.8. The van der Waals surface area contributed by atoms with Crippen LogP contribution in [0.1, 0.15) is 51.6 Å². The van der Waals surface area contributed by atoms with Crippen molar-refractivity contribution in [1.29, 1.82) is 0 Å². The highest BCUT2D eigenvalue weighted by Crippen LogP contribution is 2.39. The maximum absolute atomic E-state index is 12.8. The van der Waals surface area contributed by atoms with Crippen molar-refractivity contribution in [3.8, 4) is 5.69 Å². The molecule has 0 atom stereocenters. The van der Waals surface area contributed by atoms with E-state index in [1.54, 1.807) is 10.7 Å². The summed E-state index contributed by atoms with van der Waals surface area (Å²) in [5.41, 5.74) is 5.85. The second kappa shape index (κ2) is 8.14. The molecule has 1 fully saturated rings. The molecule has 1 saturated carbocycles. The fraction of sp³-hybridized carbons (Fsp3) is 0.292. The molecule has 1 amide bonds. The van der Waals surface area contributed by atoms with Gasteiger partial charge >= 0.3 is 5.97 Å². The molecule has 1 aliphatic rings. The Morgan fingerprint density at radius 2 is 1.73 bits per heavy atom. The molecule has 30 heavy (non-hydrogen) atoms. The highest BCUT2D eigenvalue weighted by molar-refractivity contribution is 5.96. The molecule has 1 aromatic heterocycles. The van der Waals surface area contributed by atoms with E-state index in [-0.39, 0.29) is 12.5 Å². The minimum atomic E-state index is -0.564. The monoisotopic (exact) mass is 403 g/mol. The van der Waals surface area contributed by atoms with Crippen LogP contribution in [0.15, 0.2) is 48.5 Å². The van der Waals surface area contributed by atoms with Crippen molar-refractivity contribution in [2.24, 2.45) is 0 Å². The van der Waals surface area contributed by atoms with Crippen LogP contribution in [-0.2, 0) is 9.53 Å². The average Bonchev–Trinajstić information content (AvgIpc) is 3.48. The molecule has 0 aliphatic heterocycles. The summed E-state index contributed by atoms with van der Waals surface area (Å²) in [4.78, 5) is 25.2. The lowest BCUT2D eigenvalue weighted by Gasteiger charge is -2.13. The van der Waals surface area contributed by atoms with Crippen molar-refractivity contribution < 1.29 is 14.3 Å². The third-order valence-electron chi connectivity index (χ3n) is 5.21. The molecule has 0 saturated heterocycles. The minimum Gasteiger partial charge on any atom is -0.451 e. The number of esters is 1. The van der Waals surface area contributed by atoms with Crippen molar-refractivity contribution in [2.45, 2.75) is 39.5 Å². The van der Waals surface area contributed by atoms with Crippen molar-refractivity contribution >= 4 is 17.6 Å². The number of anilines is 1. The fourth-order valence-electron chi connectivity index (χ4n) is 3.65. The molecular formula is C24H25N3O3. The van der Waals surface area contributed by atoms with E-state index in [1.807, 2.05) is 63.2 Å². The lowest BCUT2D eigenvalue weighted by atomic mass is 10.1. The van der Waals surface area contributed by atoms with Crippen LogP contribution in [0, 0.1) is 20.8 Å². The number of ether oxygens (including phenoxy) is 1. The SMILES string of the molecule is Cc1cc(C)c(NC(=O)COC(=O)c2cc(C3CC3)nn2-c2ccccc2)c(C)c1. The first-order valence-corrected chi connectivity index (χ1v) is 10.1. The number of rotatable bonds is 6. The van der Waals surface area contributed by atoms with Gasteiger partial charge in [-0.3, -0.25) is 4.79 Å². The first-order chi connectivity index (χ1) is 14.4. The van der Waals surface area contributed by atoms with Crippen LogP contribution in [0.25, 0.3) is 5.69 Å². The van der Waals surface area contributed by atoms with E-state index in [2.05, 4.69) is 10.4 Å². The van der Waals surface area contributed by atoms with Crippen LogP contribution in [-0.4, -0.2) is 28.3 Å². The standard InChI is InChI=1S/C24H25N3O3/c1-15-11-16(2)23(17(3)12-15)25-22(28)14-30-24(29)21-13-20(18-9-10-18)26-27(21)19-7-5-4-6-8-19/h4-8,11-13,18H,9-10,14H2,1-3H3,(H,25,28). The molecule has 2 aromatic carbocycles. The normalized spacial score (nSPS) is 13.2. The van der Waals surface area contributed by atoms with E-state index in [0.29, 0.717) is 11.6 Å². The summed E-state index contributed by atoms with van der Waals surface area (Å²) in [7, 11) is 0. The Morgan fingerprint density at radius 1 is 1.07 bits per heavy atom. The highest BCUT2D eigenvalue weighted by Gasteiger charge is 2.29. The zero-order valence-electron chi connectivity index (χ0n) is 17.4. The van der Waals surface area contributed by atoms with Gasteiger partial charge in [0.2, 0.25) is 0 Å². The first kappa shape index (κ1) is 19.9. The molecule has 0 radical (unpaired) electrons. The molecule has 0 bridgehead atoms. The van der Waals surface area contributed by atoms with Gasteiger partial charge in [0.05, 0.1) is 11.4 Å². The Balaban J connectivity index is 1.47. The molecule has 3 aromatic rings. The number of para-hydroxylation sites is 1. The Labute approximate surface area is 175 Å². The molecule has 0 unspecified atom stereocenters. The van der Waals surface area contributed by atoms with Gasteiger partial charge in [-0.2, -0.15) is 5.10 Å². The molecule has 0 spiro atoms.